The van der Waals surface area contributed by atoms with Crippen molar-refractivity contribution in [2.45, 2.75) is 27.2 Å². The lowest BCUT2D eigenvalue weighted by atomic mass is 10.1. The van der Waals surface area contributed by atoms with E-state index in [1.807, 2.05) is 39.0 Å². The fourth-order valence-corrected chi connectivity index (χ4v) is 1.43. The number of anilines is 1. The fourth-order valence-electron chi connectivity index (χ4n) is 1.43. The van der Waals surface area contributed by atoms with Gasteiger partial charge < -0.3 is 10.4 Å². The van der Waals surface area contributed by atoms with Crippen LogP contribution in [0.25, 0.3) is 0 Å². The van der Waals surface area contributed by atoms with Gasteiger partial charge >= 0.3 is 0 Å². The summed E-state index contributed by atoms with van der Waals surface area (Å²) in [4.78, 5) is 11.6. The Hall–Kier alpha value is -1.79. The zero-order chi connectivity index (χ0) is 13.5. The largest absolute Gasteiger partial charge is 0.395 e. The number of hydrogen-bond donors (Lipinski definition) is 2. The van der Waals surface area contributed by atoms with E-state index >= 15 is 0 Å². The van der Waals surface area contributed by atoms with E-state index in [2.05, 4.69) is 17.2 Å². The molecule has 0 fully saturated rings. The summed E-state index contributed by atoms with van der Waals surface area (Å²) in [7, 11) is 0. The molecule has 0 atom stereocenters. The van der Waals surface area contributed by atoms with Crippen molar-refractivity contribution in [2.75, 3.05) is 11.9 Å². The van der Waals surface area contributed by atoms with Crippen LogP contribution in [0.5, 0.6) is 0 Å². The Bertz CT molecular complexity index is 481. The number of carbonyl (C=O) groups excluding carboxylic acids is 1. The summed E-state index contributed by atoms with van der Waals surface area (Å²) in [6, 6.07) is 5.71. The van der Waals surface area contributed by atoms with Crippen LogP contribution in [-0.2, 0) is 4.79 Å². The molecule has 1 rings (SSSR count). The number of amides is 1. The molecule has 0 heterocycles. The first-order valence-corrected chi connectivity index (χ1v) is 6.05. The lowest BCUT2D eigenvalue weighted by Gasteiger charge is -2.09. The van der Waals surface area contributed by atoms with Gasteiger partial charge in [0.2, 0.25) is 5.91 Å². The molecule has 2 N–H and O–H groups in total. The standard InChI is InChI=1S/C15H19NO2/c1-11(2)15(18)16-14-9-12(3)8-13(10-14)6-4-5-7-17/h8-11,17H,5,7H2,1-3H3,(H,16,18). The molecule has 0 saturated carbocycles. The van der Waals surface area contributed by atoms with Crippen LogP contribution in [-0.4, -0.2) is 17.6 Å². The molecule has 96 valence electrons. The summed E-state index contributed by atoms with van der Waals surface area (Å²) < 4.78 is 0. The Balaban J connectivity index is 2.88. The van der Waals surface area contributed by atoms with Gasteiger partial charge in [-0.3, -0.25) is 4.79 Å². The van der Waals surface area contributed by atoms with Gasteiger partial charge in [0.1, 0.15) is 0 Å². The lowest BCUT2D eigenvalue weighted by Crippen LogP contribution is -2.17. The van der Waals surface area contributed by atoms with Crippen molar-refractivity contribution < 1.29 is 9.90 Å². The normalized spacial score (nSPS) is 9.83. The highest BCUT2D eigenvalue weighted by Crippen LogP contribution is 2.14. The number of carbonyl (C=O) groups is 1. The first-order valence-electron chi connectivity index (χ1n) is 6.05. The number of nitrogens with one attached hydrogen (secondary N) is 1. The fraction of sp³-hybridized carbons (Fsp3) is 0.400. The van der Waals surface area contributed by atoms with E-state index in [4.69, 9.17) is 5.11 Å². The van der Waals surface area contributed by atoms with E-state index in [-0.39, 0.29) is 18.4 Å². The van der Waals surface area contributed by atoms with E-state index in [1.165, 1.54) is 0 Å². The third-order valence-electron chi connectivity index (χ3n) is 2.34. The molecule has 1 aromatic rings. The molecule has 18 heavy (non-hydrogen) atoms. The molecule has 0 saturated heterocycles. The van der Waals surface area contributed by atoms with Crippen molar-refractivity contribution in [3.63, 3.8) is 0 Å². The predicted octanol–water partition coefficient (Wildman–Crippen LogP) is 2.32. The van der Waals surface area contributed by atoms with E-state index in [1.54, 1.807) is 0 Å². The molecule has 0 unspecified atom stereocenters. The van der Waals surface area contributed by atoms with Gasteiger partial charge in [0.15, 0.2) is 0 Å². The molecule has 0 aliphatic carbocycles. The summed E-state index contributed by atoms with van der Waals surface area (Å²) in [5.41, 5.74) is 2.66. The lowest BCUT2D eigenvalue weighted by molar-refractivity contribution is -0.118. The number of aryl methyl sites for hydroxylation is 1. The van der Waals surface area contributed by atoms with Gasteiger partial charge in [0.05, 0.1) is 6.61 Å². The van der Waals surface area contributed by atoms with Gasteiger partial charge in [0.25, 0.3) is 0 Å². The second-order valence-electron chi connectivity index (χ2n) is 4.51. The van der Waals surface area contributed by atoms with Crippen molar-refractivity contribution in [3.8, 4) is 11.8 Å². The monoisotopic (exact) mass is 245 g/mol. The number of benzene rings is 1. The minimum atomic E-state index is -0.0468. The minimum absolute atomic E-state index is 0.00475. The SMILES string of the molecule is Cc1cc(C#CCCO)cc(NC(=O)C(C)C)c1. The van der Waals surface area contributed by atoms with Crippen molar-refractivity contribution in [1.82, 2.24) is 0 Å². The van der Waals surface area contributed by atoms with Gasteiger partial charge in [-0.15, -0.1) is 0 Å². The summed E-state index contributed by atoms with van der Waals surface area (Å²) in [5, 5.41) is 11.5. The third-order valence-corrected chi connectivity index (χ3v) is 2.34. The molecule has 0 spiro atoms. The van der Waals surface area contributed by atoms with Gasteiger partial charge in [0, 0.05) is 23.6 Å². The van der Waals surface area contributed by atoms with Gasteiger partial charge in [-0.05, 0) is 30.7 Å². The molecular weight excluding hydrogens is 226 g/mol. The van der Waals surface area contributed by atoms with Crippen LogP contribution in [0.2, 0.25) is 0 Å². The van der Waals surface area contributed by atoms with Gasteiger partial charge in [-0.1, -0.05) is 25.7 Å². The predicted molar refractivity (Wildman–Crippen MR) is 73.2 cm³/mol. The van der Waals surface area contributed by atoms with Crippen LogP contribution in [0.3, 0.4) is 0 Å². The number of rotatable bonds is 3. The highest BCUT2D eigenvalue weighted by molar-refractivity contribution is 5.92. The van der Waals surface area contributed by atoms with E-state index < -0.39 is 0 Å². The van der Waals surface area contributed by atoms with Crippen molar-refractivity contribution in [2.24, 2.45) is 5.92 Å². The number of aliphatic hydroxyl groups is 1. The quantitative estimate of drug-likeness (QED) is 0.803. The zero-order valence-corrected chi connectivity index (χ0v) is 11.1. The minimum Gasteiger partial charge on any atom is -0.395 e. The molecule has 0 bridgehead atoms. The Labute approximate surface area is 108 Å². The average molecular weight is 245 g/mol. The van der Waals surface area contributed by atoms with Crippen molar-refractivity contribution in [1.29, 1.82) is 0 Å². The zero-order valence-electron chi connectivity index (χ0n) is 11.1. The van der Waals surface area contributed by atoms with Crippen molar-refractivity contribution >= 4 is 11.6 Å². The highest BCUT2D eigenvalue weighted by Gasteiger charge is 2.07. The molecule has 0 aliphatic rings. The second-order valence-corrected chi connectivity index (χ2v) is 4.51. The Morgan fingerprint density at radius 3 is 2.72 bits per heavy atom. The van der Waals surface area contributed by atoms with Crippen LogP contribution >= 0.6 is 0 Å². The summed E-state index contributed by atoms with van der Waals surface area (Å²) in [5.74, 6) is 5.79. The Morgan fingerprint density at radius 2 is 2.11 bits per heavy atom. The van der Waals surface area contributed by atoms with Gasteiger partial charge in [-0.2, -0.15) is 0 Å². The van der Waals surface area contributed by atoms with E-state index in [0.29, 0.717) is 6.42 Å². The summed E-state index contributed by atoms with van der Waals surface area (Å²) >= 11 is 0. The average Bonchev–Trinajstić information content (AvgIpc) is 2.28. The molecule has 1 amide bonds. The van der Waals surface area contributed by atoms with Crippen molar-refractivity contribution in [3.05, 3.63) is 29.3 Å². The van der Waals surface area contributed by atoms with Crippen LogP contribution in [0.15, 0.2) is 18.2 Å². The molecule has 0 aromatic heterocycles. The molecule has 3 heteroatoms. The molecule has 1 aromatic carbocycles. The first-order chi connectivity index (χ1) is 8.52. The second kappa shape index (κ2) is 6.83. The maximum absolute atomic E-state index is 11.6. The van der Waals surface area contributed by atoms with Crippen LogP contribution in [0, 0.1) is 24.7 Å². The van der Waals surface area contributed by atoms with Crippen LogP contribution < -0.4 is 5.32 Å². The third kappa shape index (κ3) is 4.60. The van der Waals surface area contributed by atoms with Crippen LogP contribution in [0.4, 0.5) is 5.69 Å². The van der Waals surface area contributed by atoms with Crippen LogP contribution in [0.1, 0.15) is 31.4 Å². The molecular formula is C15H19NO2. The number of hydrogen-bond acceptors (Lipinski definition) is 2. The van der Waals surface area contributed by atoms with E-state index in [9.17, 15) is 4.79 Å². The maximum Gasteiger partial charge on any atom is 0.226 e. The number of aliphatic hydroxyl groups excluding tert-OH is 1. The smallest absolute Gasteiger partial charge is 0.226 e. The molecule has 3 nitrogen and oxygen atoms in total. The molecule has 0 radical (unpaired) electrons. The first kappa shape index (κ1) is 14.3. The highest BCUT2D eigenvalue weighted by atomic mass is 16.2. The Morgan fingerprint density at radius 1 is 1.39 bits per heavy atom. The maximum atomic E-state index is 11.6. The summed E-state index contributed by atoms with van der Waals surface area (Å²) in [6.45, 7) is 5.73. The molecule has 0 aliphatic heterocycles. The Kier molecular flexibility index (Phi) is 5.41. The summed E-state index contributed by atoms with van der Waals surface area (Å²) in [6.07, 6.45) is 0.460. The topological polar surface area (TPSA) is 49.3 Å². The van der Waals surface area contributed by atoms with Gasteiger partial charge in [-0.25, -0.2) is 0 Å². The van der Waals surface area contributed by atoms with E-state index in [0.717, 1.165) is 16.8 Å².